The smallest absolute Gasteiger partial charge is 0.411 e. The van der Waals surface area contributed by atoms with E-state index in [1.54, 1.807) is 28.6 Å². The van der Waals surface area contributed by atoms with E-state index in [1.165, 1.54) is 13.5 Å². The standard InChI is InChI=1S/C18H26N2O4S/c1-13-7-8-14-5-3-4-6-17(14)20(13)25(22,23)16-11-9-15(10-12-16)19-18(21)24-2/h9-14,17H,3-8H2,1-2H3,(H,19,21). The molecule has 1 aromatic carbocycles. The molecule has 1 aromatic rings. The highest BCUT2D eigenvalue weighted by molar-refractivity contribution is 7.89. The summed E-state index contributed by atoms with van der Waals surface area (Å²) >= 11 is 0. The molecule has 1 saturated heterocycles. The minimum absolute atomic E-state index is 0.0252. The van der Waals surface area contributed by atoms with Crippen molar-refractivity contribution >= 4 is 21.8 Å². The van der Waals surface area contributed by atoms with Crippen molar-refractivity contribution in [1.82, 2.24) is 4.31 Å². The van der Waals surface area contributed by atoms with E-state index in [4.69, 9.17) is 0 Å². The highest BCUT2D eigenvalue weighted by Crippen LogP contribution is 2.40. The van der Waals surface area contributed by atoms with E-state index in [-0.39, 0.29) is 17.0 Å². The van der Waals surface area contributed by atoms with E-state index in [9.17, 15) is 13.2 Å². The molecule has 1 heterocycles. The minimum atomic E-state index is -3.54. The third kappa shape index (κ3) is 3.67. The van der Waals surface area contributed by atoms with Crippen LogP contribution in [0.2, 0.25) is 0 Å². The lowest BCUT2D eigenvalue weighted by atomic mass is 9.78. The van der Waals surface area contributed by atoms with Crippen LogP contribution in [-0.2, 0) is 14.8 Å². The SMILES string of the molecule is COC(=O)Nc1ccc(S(=O)(=O)N2C(C)CCC3CCCCC32)cc1. The molecule has 3 unspecified atom stereocenters. The zero-order valence-corrected chi connectivity index (χ0v) is 15.6. The van der Waals surface area contributed by atoms with Crippen LogP contribution in [0.25, 0.3) is 0 Å². The zero-order valence-electron chi connectivity index (χ0n) is 14.8. The lowest BCUT2D eigenvalue weighted by Gasteiger charge is -2.46. The van der Waals surface area contributed by atoms with Gasteiger partial charge in [0.1, 0.15) is 0 Å². The van der Waals surface area contributed by atoms with Crippen molar-refractivity contribution in [2.24, 2.45) is 5.92 Å². The number of carbonyl (C=O) groups excluding carboxylic acids is 1. The first-order chi connectivity index (χ1) is 11.9. The Hall–Kier alpha value is -1.60. The Morgan fingerprint density at radius 3 is 2.48 bits per heavy atom. The van der Waals surface area contributed by atoms with Gasteiger partial charge >= 0.3 is 6.09 Å². The van der Waals surface area contributed by atoms with Crippen molar-refractivity contribution in [3.63, 3.8) is 0 Å². The molecule has 3 atom stereocenters. The van der Waals surface area contributed by atoms with E-state index in [2.05, 4.69) is 10.1 Å². The number of hydrogen-bond acceptors (Lipinski definition) is 4. The fourth-order valence-electron chi connectivity index (χ4n) is 4.19. The largest absolute Gasteiger partial charge is 0.453 e. The fraction of sp³-hybridized carbons (Fsp3) is 0.611. The van der Waals surface area contributed by atoms with Gasteiger partial charge in [-0.3, -0.25) is 5.32 Å². The maximum Gasteiger partial charge on any atom is 0.411 e. The number of piperidine rings is 1. The number of methoxy groups -OCH3 is 1. The molecule has 2 aliphatic rings. The molecule has 1 N–H and O–H groups in total. The van der Waals surface area contributed by atoms with Crippen LogP contribution in [0.3, 0.4) is 0 Å². The Morgan fingerprint density at radius 2 is 1.80 bits per heavy atom. The lowest BCUT2D eigenvalue weighted by Crippen LogP contribution is -2.53. The van der Waals surface area contributed by atoms with Gasteiger partial charge < -0.3 is 4.74 Å². The first-order valence-corrected chi connectivity index (χ1v) is 10.4. The average molecular weight is 366 g/mol. The van der Waals surface area contributed by atoms with Crippen molar-refractivity contribution in [1.29, 1.82) is 0 Å². The van der Waals surface area contributed by atoms with Crippen LogP contribution in [0.15, 0.2) is 29.2 Å². The molecule has 3 rings (SSSR count). The predicted molar refractivity (Wildman–Crippen MR) is 95.9 cm³/mol. The molecular weight excluding hydrogens is 340 g/mol. The summed E-state index contributed by atoms with van der Waals surface area (Å²) in [5.41, 5.74) is 0.507. The summed E-state index contributed by atoms with van der Waals surface area (Å²) in [7, 11) is -2.26. The third-order valence-electron chi connectivity index (χ3n) is 5.45. The van der Waals surface area contributed by atoms with Gasteiger partial charge in [-0.1, -0.05) is 12.8 Å². The second kappa shape index (κ2) is 7.33. The second-order valence-electron chi connectivity index (χ2n) is 7.01. The normalized spacial score (nSPS) is 27.4. The van der Waals surface area contributed by atoms with E-state index >= 15 is 0 Å². The molecular formula is C18H26N2O4S. The van der Waals surface area contributed by atoms with Crippen LogP contribution >= 0.6 is 0 Å². The van der Waals surface area contributed by atoms with Gasteiger partial charge in [0.05, 0.1) is 12.0 Å². The topological polar surface area (TPSA) is 75.7 Å². The molecule has 138 valence electrons. The molecule has 1 saturated carbocycles. The van der Waals surface area contributed by atoms with Crippen LogP contribution in [0.4, 0.5) is 10.5 Å². The number of hydrogen-bond donors (Lipinski definition) is 1. The van der Waals surface area contributed by atoms with Crippen LogP contribution in [0, 0.1) is 5.92 Å². The molecule has 0 radical (unpaired) electrons. The summed E-state index contributed by atoms with van der Waals surface area (Å²) in [5, 5.41) is 2.53. The summed E-state index contributed by atoms with van der Waals surface area (Å²) in [5.74, 6) is 0.486. The molecule has 1 aliphatic carbocycles. The van der Waals surface area contributed by atoms with Gasteiger partial charge in [-0.05, 0) is 62.8 Å². The molecule has 0 aromatic heterocycles. The number of ether oxygens (including phenoxy) is 1. The average Bonchev–Trinajstić information content (AvgIpc) is 2.61. The number of nitrogens with zero attached hydrogens (tertiary/aromatic N) is 1. The molecule has 25 heavy (non-hydrogen) atoms. The monoisotopic (exact) mass is 366 g/mol. The Kier molecular flexibility index (Phi) is 5.34. The van der Waals surface area contributed by atoms with Crippen LogP contribution < -0.4 is 5.32 Å². The third-order valence-corrected chi connectivity index (χ3v) is 7.50. The van der Waals surface area contributed by atoms with Gasteiger partial charge in [0.25, 0.3) is 0 Å². The molecule has 1 amide bonds. The maximum atomic E-state index is 13.3. The maximum absolute atomic E-state index is 13.3. The lowest BCUT2D eigenvalue weighted by molar-refractivity contribution is 0.0919. The number of amides is 1. The highest BCUT2D eigenvalue weighted by Gasteiger charge is 2.43. The Balaban J connectivity index is 1.85. The fourth-order valence-corrected chi connectivity index (χ4v) is 6.12. The van der Waals surface area contributed by atoms with Crippen molar-refractivity contribution < 1.29 is 17.9 Å². The molecule has 0 spiro atoms. The molecule has 0 bridgehead atoms. The predicted octanol–water partition coefficient (Wildman–Crippen LogP) is 3.60. The van der Waals surface area contributed by atoms with Crippen LogP contribution in [-0.4, -0.2) is 38.0 Å². The second-order valence-corrected chi connectivity index (χ2v) is 8.86. The molecule has 2 fully saturated rings. The van der Waals surface area contributed by atoms with Crippen molar-refractivity contribution in [3.05, 3.63) is 24.3 Å². The quantitative estimate of drug-likeness (QED) is 0.887. The summed E-state index contributed by atoms with van der Waals surface area (Å²) in [6, 6.07) is 6.44. The van der Waals surface area contributed by atoms with Gasteiger partial charge in [0, 0.05) is 17.8 Å². The summed E-state index contributed by atoms with van der Waals surface area (Å²) < 4.78 is 32.8. The number of fused-ring (bicyclic) bond motifs is 1. The molecule has 6 nitrogen and oxygen atoms in total. The number of benzene rings is 1. The van der Waals surface area contributed by atoms with Gasteiger partial charge in [-0.25, -0.2) is 13.2 Å². The number of carbonyl (C=O) groups is 1. The number of sulfonamides is 1. The van der Waals surface area contributed by atoms with Crippen molar-refractivity contribution in [2.75, 3.05) is 12.4 Å². The van der Waals surface area contributed by atoms with E-state index < -0.39 is 16.1 Å². The number of rotatable bonds is 3. The van der Waals surface area contributed by atoms with Gasteiger partial charge in [0.15, 0.2) is 0 Å². The molecule has 7 heteroatoms. The van der Waals surface area contributed by atoms with Crippen LogP contribution in [0.5, 0.6) is 0 Å². The number of nitrogens with one attached hydrogen (secondary N) is 1. The number of anilines is 1. The van der Waals surface area contributed by atoms with Gasteiger partial charge in [-0.15, -0.1) is 0 Å². The van der Waals surface area contributed by atoms with Gasteiger partial charge in [-0.2, -0.15) is 4.31 Å². The zero-order chi connectivity index (χ0) is 18.0. The van der Waals surface area contributed by atoms with Crippen molar-refractivity contribution in [2.45, 2.75) is 62.4 Å². The first kappa shape index (κ1) is 18.2. The van der Waals surface area contributed by atoms with Crippen molar-refractivity contribution in [3.8, 4) is 0 Å². The molecule has 1 aliphatic heterocycles. The highest BCUT2D eigenvalue weighted by atomic mass is 32.2. The minimum Gasteiger partial charge on any atom is -0.453 e. The summed E-state index contributed by atoms with van der Waals surface area (Å²) in [4.78, 5) is 11.5. The van der Waals surface area contributed by atoms with E-state index in [0.717, 1.165) is 32.1 Å². The Morgan fingerprint density at radius 1 is 1.12 bits per heavy atom. The van der Waals surface area contributed by atoms with Crippen LogP contribution in [0.1, 0.15) is 45.4 Å². The summed E-state index contributed by atoms with van der Waals surface area (Å²) in [6.07, 6.45) is 5.86. The van der Waals surface area contributed by atoms with E-state index in [0.29, 0.717) is 11.6 Å². The van der Waals surface area contributed by atoms with Gasteiger partial charge in [0.2, 0.25) is 10.0 Å². The van der Waals surface area contributed by atoms with E-state index in [1.807, 2.05) is 6.92 Å². The Labute approximate surface area is 149 Å². The first-order valence-electron chi connectivity index (χ1n) is 8.92. The Bertz CT molecular complexity index is 717. The summed E-state index contributed by atoms with van der Waals surface area (Å²) in [6.45, 7) is 2.01.